The first-order chi connectivity index (χ1) is 13.0. The molecule has 3 aromatic rings. The fraction of sp³-hybridized carbons (Fsp3) is 0.105. The van der Waals surface area contributed by atoms with Gasteiger partial charge in [0.25, 0.3) is 5.91 Å². The standard InChI is InChI=1S/C19H16N4O4/c1-12-20-9-8-16(21-12)13-4-3-5-15(10-13)22-19(24)14-6-7-18(27-2)17(11-14)23(25)26/h3-11H,1-2H3,(H,22,24). The van der Waals surface area contributed by atoms with Gasteiger partial charge in [-0.15, -0.1) is 0 Å². The number of carbonyl (C=O) groups excluding carboxylic acids is 1. The van der Waals surface area contributed by atoms with Gasteiger partial charge in [-0.2, -0.15) is 0 Å². The zero-order chi connectivity index (χ0) is 19.4. The van der Waals surface area contributed by atoms with Gasteiger partial charge in [-0.3, -0.25) is 14.9 Å². The highest BCUT2D eigenvalue weighted by Crippen LogP contribution is 2.28. The number of nitro benzene ring substituents is 1. The SMILES string of the molecule is COc1ccc(C(=O)Nc2cccc(-c3ccnc(C)n3)c2)cc1[N+](=O)[O-]. The van der Waals surface area contributed by atoms with Crippen molar-refractivity contribution in [2.24, 2.45) is 0 Å². The summed E-state index contributed by atoms with van der Waals surface area (Å²) in [7, 11) is 1.34. The summed E-state index contributed by atoms with van der Waals surface area (Å²) in [6, 6.07) is 13.0. The lowest BCUT2D eigenvalue weighted by molar-refractivity contribution is -0.385. The van der Waals surface area contributed by atoms with Crippen molar-refractivity contribution in [3.63, 3.8) is 0 Å². The molecule has 0 saturated heterocycles. The van der Waals surface area contributed by atoms with Gasteiger partial charge in [0.15, 0.2) is 5.75 Å². The van der Waals surface area contributed by atoms with E-state index in [9.17, 15) is 14.9 Å². The molecule has 0 fully saturated rings. The molecule has 1 amide bonds. The summed E-state index contributed by atoms with van der Waals surface area (Å²) in [5, 5.41) is 13.9. The Labute approximate surface area is 155 Å². The van der Waals surface area contributed by atoms with Gasteiger partial charge < -0.3 is 10.1 Å². The number of methoxy groups -OCH3 is 1. The van der Waals surface area contributed by atoms with E-state index in [2.05, 4.69) is 15.3 Å². The van der Waals surface area contributed by atoms with E-state index >= 15 is 0 Å². The molecule has 2 aromatic carbocycles. The third kappa shape index (κ3) is 4.06. The molecule has 0 aliphatic carbocycles. The Morgan fingerprint density at radius 2 is 2.00 bits per heavy atom. The number of nitro groups is 1. The summed E-state index contributed by atoms with van der Waals surface area (Å²) in [6.45, 7) is 1.80. The molecule has 0 aliphatic heterocycles. The number of nitrogens with one attached hydrogen (secondary N) is 1. The molecule has 0 bridgehead atoms. The number of aromatic nitrogens is 2. The average Bonchev–Trinajstić information content (AvgIpc) is 2.67. The minimum absolute atomic E-state index is 0.0951. The minimum atomic E-state index is -0.590. The number of nitrogens with zero attached hydrogens (tertiary/aromatic N) is 3. The molecule has 0 spiro atoms. The van der Waals surface area contributed by atoms with Crippen LogP contribution < -0.4 is 10.1 Å². The Kier molecular flexibility index (Phi) is 5.07. The van der Waals surface area contributed by atoms with Crippen LogP contribution in [-0.2, 0) is 0 Å². The van der Waals surface area contributed by atoms with Crippen molar-refractivity contribution in [1.82, 2.24) is 9.97 Å². The molecule has 1 heterocycles. The molecule has 0 atom stereocenters. The van der Waals surface area contributed by atoms with Crippen LogP contribution in [0.3, 0.4) is 0 Å². The zero-order valence-corrected chi connectivity index (χ0v) is 14.7. The summed E-state index contributed by atoms with van der Waals surface area (Å²) < 4.78 is 4.95. The quantitative estimate of drug-likeness (QED) is 0.547. The van der Waals surface area contributed by atoms with E-state index in [4.69, 9.17) is 4.74 Å². The first kappa shape index (κ1) is 18.0. The predicted octanol–water partition coefficient (Wildman–Crippen LogP) is 3.62. The lowest BCUT2D eigenvalue weighted by Gasteiger charge is -2.08. The van der Waals surface area contributed by atoms with Crippen LogP contribution in [0.1, 0.15) is 16.2 Å². The molecule has 0 unspecified atom stereocenters. The molecule has 27 heavy (non-hydrogen) atoms. The molecule has 0 saturated carbocycles. The van der Waals surface area contributed by atoms with E-state index in [1.54, 1.807) is 37.4 Å². The predicted molar refractivity (Wildman–Crippen MR) is 99.8 cm³/mol. The van der Waals surface area contributed by atoms with Crippen LogP contribution in [0.2, 0.25) is 0 Å². The van der Waals surface area contributed by atoms with E-state index < -0.39 is 10.8 Å². The third-order valence-corrected chi connectivity index (χ3v) is 3.83. The number of ether oxygens (including phenoxy) is 1. The Hall–Kier alpha value is -3.81. The molecular weight excluding hydrogens is 348 g/mol. The maximum Gasteiger partial charge on any atom is 0.311 e. The molecule has 8 heteroatoms. The van der Waals surface area contributed by atoms with Gasteiger partial charge in [-0.25, -0.2) is 9.97 Å². The van der Waals surface area contributed by atoms with E-state index in [1.807, 2.05) is 6.07 Å². The van der Waals surface area contributed by atoms with Gasteiger partial charge in [0.2, 0.25) is 0 Å². The minimum Gasteiger partial charge on any atom is -0.490 e. The number of carbonyl (C=O) groups is 1. The summed E-state index contributed by atoms with van der Waals surface area (Å²) in [6.07, 6.45) is 1.67. The van der Waals surface area contributed by atoms with Crippen LogP contribution in [0.25, 0.3) is 11.3 Å². The van der Waals surface area contributed by atoms with E-state index in [-0.39, 0.29) is 17.0 Å². The van der Waals surface area contributed by atoms with Crippen LogP contribution in [0.15, 0.2) is 54.7 Å². The molecule has 1 aromatic heterocycles. The van der Waals surface area contributed by atoms with Crippen molar-refractivity contribution in [1.29, 1.82) is 0 Å². The molecule has 3 rings (SSSR count). The Morgan fingerprint density at radius 3 is 2.70 bits per heavy atom. The van der Waals surface area contributed by atoms with Gasteiger partial charge in [0.05, 0.1) is 17.7 Å². The smallest absolute Gasteiger partial charge is 0.311 e. The number of rotatable bonds is 5. The fourth-order valence-corrected chi connectivity index (χ4v) is 2.55. The lowest BCUT2D eigenvalue weighted by atomic mass is 10.1. The van der Waals surface area contributed by atoms with Crippen molar-refractivity contribution < 1.29 is 14.5 Å². The molecule has 136 valence electrons. The van der Waals surface area contributed by atoms with Crippen molar-refractivity contribution in [3.05, 3.63) is 76.2 Å². The van der Waals surface area contributed by atoms with Crippen molar-refractivity contribution >= 4 is 17.3 Å². The third-order valence-electron chi connectivity index (χ3n) is 3.83. The monoisotopic (exact) mass is 364 g/mol. The van der Waals surface area contributed by atoms with E-state index in [0.717, 1.165) is 11.3 Å². The fourth-order valence-electron chi connectivity index (χ4n) is 2.55. The Bertz CT molecular complexity index is 1020. The normalized spacial score (nSPS) is 10.3. The van der Waals surface area contributed by atoms with Gasteiger partial charge in [0, 0.05) is 29.1 Å². The second-order valence-corrected chi connectivity index (χ2v) is 5.67. The zero-order valence-electron chi connectivity index (χ0n) is 14.7. The van der Waals surface area contributed by atoms with E-state index in [0.29, 0.717) is 11.5 Å². The molecule has 8 nitrogen and oxygen atoms in total. The molecule has 1 N–H and O–H groups in total. The van der Waals surface area contributed by atoms with Crippen LogP contribution in [0, 0.1) is 17.0 Å². The largest absolute Gasteiger partial charge is 0.490 e. The summed E-state index contributed by atoms with van der Waals surface area (Å²) in [5.74, 6) is 0.280. The maximum atomic E-state index is 12.5. The van der Waals surface area contributed by atoms with Gasteiger partial charge in [-0.05, 0) is 37.3 Å². The summed E-state index contributed by atoms with van der Waals surface area (Å²) in [4.78, 5) is 31.5. The first-order valence-electron chi connectivity index (χ1n) is 8.02. The van der Waals surface area contributed by atoms with Crippen LogP contribution >= 0.6 is 0 Å². The highest BCUT2D eigenvalue weighted by atomic mass is 16.6. The van der Waals surface area contributed by atoms with E-state index in [1.165, 1.54) is 25.3 Å². The van der Waals surface area contributed by atoms with Gasteiger partial charge in [0.1, 0.15) is 5.82 Å². The molecule has 0 radical (unpaired) electrons. The highest BCUT2D eigenvalue weighted by Gasteiger charge is 2.18. The highest BCUT2D eigenvalue weighted by molar-refractivity contribution is 6.05. The number of amides is 1. The van der Waals surface area contributed by atoms with Crippen molar-refractivity contribution in [2.75, 3.05) is 12.4 Å². The molecular formula is C19H16N4O4. The Balaban J connectivity index is 1.85. The topological polar surface area (TPSA) is 107 Å². The maximum absolute atomic E-state index is 12.5. The molecule has 0 aliphatic rings. The lowest BCUT2D eigenvalue weighted by Crippen LogP contribution is -2.12. The van der Waals surface area contributed by atoms with Crippen LogP contribution in [0.4, 0.5) is 11.4 Å². The van der Waals surface area contributed by atoms with Gasteiger partial charge in [-0.1, -0.05) is 12.1 Å². The number of anilines is 1. The second-order valence-electron chi connectivity index (χ2n) is 5.67. The number of hydrogen-bond acceptors (Lipinski definition) is 6. The summed E-state index contributed by atoms with van der Waals surface area (Å²) in [5.41, 5.74) is 1.99. The summed E-state index contributed by atoms with van der Waals surface area (Å²) >= 11 is 0. The van der Waals surface area contributed by atoms with Crippen molar-refractivity contribution in [2.45, 2.75) is 6.92 Å². The Morgan fingerprint density at radius 1 is 1.19 bits per heavy atom. The number of aryl methyl sites for hydroxylation is 1. The second kappa shape index (κ2) is 7.61. The first-order valence-corrected chi connectivity index (χ1v) is 8.02. The number of hydrogen-bond donors (Lipinski definition) is 1. The van der Waals surface area contributed by atoms with Gasteiger partial charge >= 0.3 is 5.69 Å². The van der Waals surface area contributed by atoms with Crippen molar-refractivity contribution in [3.8, 4) is 17.0 Å². The van der Waals surface area contributed by atoms with Crippen LogP contribution in [-0.4, -0.2) is 27.9 Å². The van der Waals surface area contributed by atoms with Crippen LogP contribution in [0.5, 0.6) is 5.75 Å². The number of benzene rings is 2. The average molecular weight is 364 g/mol.